The molecule has 31 heavy (non-hydrogen) atoms. The molecule has 0 fully saturated rings. The average molecular weight is 441 g/mol. The molecule has 3 rings (SSSR count). The lowest BCUT2D eigenvalue weighted by Gasteiger charge is -2.10. The number of rotatable bonds is 9. The first-order valence-corrected chi connectivity index (χ1v) is 11.0. The largest absolute Gasteiger partial charge is 0.308 e. The minimum absolute atomic E-state index is 0.0621. The molecule has 1 amide bonds. The zero-order valence-electron chi connectivity index (χ0n) is 18.3. The Morgan fingerprint density at radius 2 is 1.90 bits per heavy atom. The fourth-order valence-corrected chi connectivity index (χ4v) is 3.89. The predicted molar refractivity (Wildman–Crippen MR) is 125 cm³/mol. The third kappa shape index (κ3) is 6.06. The monoisotopic (exact) mass is 440 g/mol. The molecular formula is C22H28N6O2S. The Balaban J connectivity index is 1.89. The summed E-state index contributed by atoms with van der Waals surface area (Å²) in [5.74, 6) is -0.154. The van der Waals surface area contributed by atoms with E-state index in [4.69, 9.17) is 0 Å². The second-order valence-corrected chi connectivity index (χ2v) is 8.69. The van der Waals surface area contributed by atoms with Crippen LogP contribution in [0, 0.1) is 0 Å². The molecule has 1 aromatic carbocycles. The molecule has 3 aromatic rings. The van der Waals surface area contributed by atoms with Crippen LogP contribution in [0.5, 0.6) is 0 Å². The number of anilines is 1. The predicted octanol–water partition coefficient (Wildman–Crippen LogP) is 2.70. The van der Waals surface area contributed by atoms with Gasteiger partial charge in [-0.3, -0.25) is 9.59 Å². The van der Waals surface area contributed by atoms with Crippen molar-refractivity contribution in [1.29, 1.82) is 0 Å². The van der Waals surface area contributed by atoms with Crippen LogP contribution in [0.1, 0.15) is 19.9 Å². The normalized spacial score (nSPS) is 11.3. The number of aromatic nitrogens is 3. The molecule has 2 heterocycles. The molecule has 0 saturated heterocycles. The quantitative estimate of drug-likeness (QED) is 0.497. The van der Waals surface area contributed by atoms with Crippen molar-refractivity contribution < 1.29 is 4.79 Å². The van der Waals surface area contributed by atoms with E-state index in [0.717, 1.165) is 29.2 Å². The molecule has 0 radical (unpaired) electrons. The van der Waals surface area contributed by atoms with E-state index in [9.17, 15) is 9.59 Å². The van der Waals surface area contributed by atoms with Crippen molar-refractivity contribution in [3.05, 3.63) is 52.8 Å². The standard InChI is InChI=1S/C22H28N6O2S/c1-15(2)28-19(30)11-10-17(26-28)21-20(16-8-6-5-7-9-16)25-22(31-21)24-18(29)14-23-12-13-27(3)4/h5-11,15,23H,12-14H2,1-4H3,(H,24,25,29). The van der Waals surface area contributed by atoms with Gasteiger partial charge in [0, 0.05) is 24.7 Å². The molecule has 0 aliphatic carbocycles. The van der Waals surface area contributed by atoms with Gasteiger partial charge in [-0.05, 0) is 34.0 Å². The number of hydrogen-bond acceptors (Lipinski definition) is 7. The Morgan fingerprint density at radius 1 is 1.16 bits per heavy atom. The summed E-state index contributed by atoms with van der Waals surface area (Å²) < 4.78 is 1.46. The van der Waals surface area contributed by atoms with Crippen LogP contribution in [-0.2, 0) is 4.79 Å². The van der Waals surface area contributed by atoms with Crippen LogP contribution in [0.15, 0.2) is 47.3 Å². The molecule has 0 aliphatic heterocycles. The van der Waals surface area contributed by atoms with Crippen molar-refractivity contribution in [3.63, 3.8) is 0 Å². The Labute approximate surface area is 185 Å². The van der Waals surface area contributed by atoms with E-state index < -0.39 is 0 Å². The number of nitrogens with zero attached hydrogens (tertiary/aromatic N) is 4. The Kier molecular flexibility index (Phi) is 7.67. The van der Waals surface area contributed by atoms with Gasteiger partial charge in [-0.2, -0.15) is 5.10 Å². The van der Waals surface area contributed by atoms with Gasteiger partial charge in [0.25, 0.3) is 5.56 Å². The van der Waals surface area contributed by atoms with Crippen LogP contribution in [0.3, 0.4) is 0 Å². The number of likely N-dealkylation sites (N-methyl/N-ethyl adjacent to an activating group) is 1. The van der Waals surface area contributed by atoms with Crippen molar-refractivity contribution in [2.24, 2.45) is 0 Å². The highest BCUT2D eigenvalue weighted by Crippen LogP contribution is 2.37. The van der Waals surface area contributed by atoms with Crippen LogP contribution in [-0.4, -0.2) is 59.3 Å². The highest BCUT2D eigenvalue weighted by atomic mass is 32.1. The lowest BCUT2D eigenvalue weighted by molar-refractivity contribution is -0.115. The van der Waals surface area contributed by atoms with Crippen molar-refractivity contribution in [3.8, 4) is 21.8 Å². The maximum atomic E-state index is 12.4. The minimum Gasteiger partial charge on any atom is -0.308 e. The molecule has 0 unspecified atom stereocenters. The third-order valence-electron chi connectivity index (χ3n) is 4.49. The number of thiazole rings is 1. The molecule has 0 spiro atoms. The minimum atomic E-state index is -0.154. The Bertz CT molecular complexity index is 1080. The zero-order valence-corrected chi connectivity index (χ0v) is 19.1. The van der Waals surface area contributed by atoms with Gasteiger partial charge in [0.1, 0.15) is 5.69 Å². The lowest BCUT2D eigenvalue weighted by atomic mass is 10.1. The molecule has 0 saturated carbocycles. The van der Waals surface area contributed by atoms with Crippen LogP contribution >= 0.6 is 11.3 Å². The van der Waals surface area contributed by atoms with Gasteiger partial charge in [-0.25, -0.2) is 9.67 Å². The van der Waals surface area contributed by atoms with Crippen LogP contribution < -0.4 is 16.2 Å². The molecule has 2 N–H and O–H groups in total. The van der Waals surface area contributed by atoms with E-state index >= 15 is 0 Å². The fraction of sp³-hybridized carbons (Fsp3) is 0.364. The number of hydrogen-bond donors (Lipinski definition) is 2. The van der Waals surface area contributed by atoms with Gasteiger partial charge in [-0.15, -0.1) is 0 Å². The fourth-order valence-electron chi connectivity index (χ4n) is 2.92. The van der Waals surface area contributed by atoms with Gasteiger partial charge >= 0.3 is 0 Å². The summed E-state index contributed by atoms with van der Waals surface area (Å²) in [4.78, 5) is 32.0. The summed E-state index contributed by atoms with van der Waals surface area (Å²) in [6.07, 6.45) is 0. The van der Waals surface area contributed by atoms with Gasteiger partial charge < -0.3 is 15.5 Å². The van der Waals surface area contributed by atoms with Crippen molar-refractivity contribution >= 4 is 22.4 Å². The van der Waals surface area contributed by atoms with E-state index in [0.29, 0.717) is 10.8 Å². The van der Waals surface area contributed by atoms with Crippen molar-refractivity contribution in [2.45, 2.75) is 19.9 Å². The van der Waals surface area contributed by atoms with E-state index in [-0.39, 0.29) is 24.1 Å². The van der Waals surface area contributed by atoms with Gasteiger partial charge in [-0.1, -0.05) is 41.7 Å². The lowest BCUT2D eigenvalue weighted by Crippen LogP contribution is -2.33. The van der Waals surface area contributed by atoms with Crippen LogP contribution in [0.25, 0.3) is 21.8 Å². The first-order chi connectivity index (χ1) is 14.8. The van der Waals surface area contributed by atoms with Crippen LogP contribution in [0.4, 0.5) is 5.13 Å². The third-order valence-corrected chi connectivity index (χ3v) is 5.48. The highest BCUT2D eigenvalue weighted by molar-refractivity contribution is 7.19. The van der Waals surface area contributed by atoms with Crippen molar-refractivity contribution in [2.75, 3.05) is 39.0 Å². The van der Waals surface area contributed by atoms with E-state index in [2.05, 4.69) is 20.7 Å². The Morgan fingerprint density at radius 3 is 2.58 bits per heavy atom. The summed E-state index contributed by atoms with van der Waals surface area (Å²) in [6.45, 7) is 5.61. The summed E-state index contributed by atoms with van der Waals surface area (Å²) in [7, 11) is 3.97. The summed E-state index contributed by atoms with van der Waals surface area (Å²) in [6, 6.07) is 12.9. The SMILES string of the molecule is CC(C)n1nc(-c2sc(NC(=O)CNCCN(C)C)nc2-c2ccccc2)ccc1=O. The van der Waals surface area contributed by atoms with E-state index in [1.807, 2.05) is 63.2 Å². The molecule has 0 aliphatic rings. The average Bonchev–Trinajstić information content (AvgIpc) is 3.15. The molecular weight excluding hydrogens is 412 g/mol. The number of amides is 1. The molecule has 8 nitrogen and oxygen atoms in total. The topological polar surface area (TPSA) is 92.2 Å². The van der Waals surface area contributed by atoms with Gasteiger partial charge in [0.2, 0.25) is 5.91 Å². The first-order valence-electron chi connectivity index (χ1n) is 10.2. The smallest absolute Gasteiger partial charge is 0.267 e. The van der Waals surface area contributed by atoms with Crippen molar-refractivity contribution in [1.82, 2.24) is 25.0 Å². The number of nitrogens with one attached hydrogen (secondary N) is 2. The summed E-state index contributed by atoms with van der Waals surface area (Å²) in [5.41, 5.74) is 2.14. The second kappa shape index (κ2) is 10.4. The van der Waals surface area contributed by atoms with Crippen LogP contribution in [0.2, 0.25) is 0 Å². The molecule has 0 atom stereocenters. The molecule has 9 heteroatoms. The maximum Gasteiger partial charge on any atom is 0.267 e. The van der Waals surface area contributed by atoms with Gasteiger partial charge in [0.05, 0.1) is 23.2 Å². The zero-order chi connectivity index (χ0) is 22.4. The number of carbonyl (C=O) groups is 1. The molecule has 0 bridgehead atoms. The Hall–Kier alpha value is -2.88. The summed E-state index contributed by atoms with van der Waals surface area (Å²) in [5, 5.41) is 11.0. The van der Waals surface area contributed by atoms with Gasteiger partial charge in [0.15, 0.2) is 5.13 Å². The number of carbonyl (C=O) groups excluding carboxylic acids is 1. The second-order valence-electron chi connectivity index (χ2n) is 7.69. The first kappa shape index (κ1) is 22.8. The summed E-state index contributed by atoms with van der Waals surface area (Å²) >= 11 is 1.35. The van der Waals surface area contributed by atoms with E-state index in [1.165, 1.54) is 22.1 Å². The van der Waals surface area contributed by atoms with E-state index in [1.54, 1.807) is 6.07 Å². The molecule has 2 aromatic heterocycles. The maximum absolute atomic E-state index is 12.4. The highest BCUT2D eigenvalue weighted by Gasteiger charge is 2.18. The number of benzene rings is 1. The molecule has 164 valence electrons.